The van der Waals surface area contributed by atoms with Crippen LogP contribution in [0.2, 0.25) is 0 Å². The van der Waals surface area contributed by atoms with Gasteiger partial charge in [-0.25, -0.2) is 21.2 Å². The molecule has 1 aliphatic heterocycles. The van der Waals surface area contributed by atoms with Crippen LogP contribution in [-0.4, -0.2) is 53.3 Å². The van der Waals surface area contributed by atoms with Crippen LogP contribution in [0.5, 0.6) is 5.75 Å². The second-order valence-electron chi connectivity index (χ2n) is 7.68. The number of nitrogens with one attached hydrogen (secondary N) is 1. The van der Waals surface area contributed by atoms with Crippen molar-refractivity contribution in [2.45, 2.75) is 36.5 Å². The van der Waals surface area contributed by atoms with Crippen molar-refractivity contribution in [3.63, 3.8) is 0 Å². The average molecular weight is 456 g/mol. The van der Waals surface area contributed by atoms with Crippen molar-refractivity contribution >= 4 is 19.7 Å². The summed E-state index contributed by atoms with van der Waals surface area (Å²) in [4.78, 5) is 0.0144. The molecule has 1 heterocycles. The zero-order chi connectivity index (χ0) is 22.1. The highest BCUT2D eigenvalue weighted by Gasteiger charge is 2.46. The summed E-state index contributed by atoms with van der Waals surface area (Å²) < 4.78 is 69.8. The first-order valence-corrected chi connectivity index (χ1v) is 13.0. The first-order valence-electron chi connectivity index (χ1n) is 9.61. The van der Waals surface area contributed by atoms with E-state index in [0.717, 1.165) is 16.7 Å². The van der Waals surface area contributed by atoms with Gasteiger partial charge in [0.05, 0.1) is 23.9 Å². The van der Waals surface area contributed by atoms with Crippen molar-refractivity contribution in [2.24, 2.45) is 0 Å². The van der Waals surface area contributed by atoms with Gasteiger partial charge in [-0.1, -0.05) is 12.1 Å². The number of ether oxygens (including phenoxy) is 1. The van der Waals surface area contributed by atoms with Crippen molar-refractivity contribution in [1.82, 2.24) is 5.32 Å². The van der Waals surface area contributed by atoms with Gasteiger partial charge >= 0.3 is 0 Å². The van der Waals surface area contributed by atoms with Gasteiger partial charge in [-0.2, -0.15) is 0 Å². The molecular formula is C21H26FNO5S2. The fraction of sp³-hybridized carbons (Fsp3) is 0.429. The van der Waals surface area contributed by atoms with Crippen molar-refractivity contribution in [2.75, 3.05) is 25.2 Å². The molecule has 0 saturated carbocycles. The third-order valence-corrected chi connectivity index (χ3v) is 9.69. The molecule has 1 aliphatic rings. The summed E-state index contributed by atoms with van der Waals surface area (Å²) in [6.07, 6.45) is 0.524. The molecule has 164 valence electrons. The smallest absolute Gasteiger partial charge is 0.187 e. The SMILES string of the molecule is COc1cc(C)c(C)cc1S(=O)(=O)[C@H]1CS(=O)(=O)C[C@@H]1NCCc1ccc(F)cc1. The predicted octanol–water partition coefficient (Wildman–Crippen LogP) is 2.22. The van der Waals surface area contributed by atoms with Crippen LogP contribution in [0.1, 0.15) is 16.7 Å². The fourth-order valence-electron chi connectivity index (χ4n) is 3.67. The first kappa shape index (κ1) is 22.7. The van der Waals surface area contributed by atoms with Gasteiger partial charge in [0, 0.05) is 6.04 Å². The van der Waals surface area contributed by atoms with E-state index in [1.54, 1.807) is 31.2 Å². The zero-order valence-electron chi connectivity index (χ0n) is 17.2. The van der Waals surface area contributed by atoms with Crippen molar-refractivity contribution in [3.05, 3.63) is 58.9 Å². The molecule has 2 aromatic rings. The summed E-state index contributed by atoms with van der Waals surface area (Å²) in [5.41, 5.74) is 2.55. The van der Waals surface area contributed by atoms with Gasteiger partial charge in [0.2, 0.25) is 0 Å². The molecule has 2 atom stereocenters. The molecule has 0 amide bonds. The van der Waals surface area contributed by atoms with E-state index in [9.17, 15) is 21.2 Å². The lowest BCUT2D eigenvalue weighted by molar-refractivity contribution is 0.401. The van der Waals surface area contributed by atoms with Gasteiger partial charge in [-0.3, -0.25) is 0 Å². The van der Waals surface area contributed by atoms with Gasteiger partial charge < -0.3 is 10.1 Å². The van der Waals surface area contributed by atoms with E-state index in [4.69, 9.17) is 4.74 Å². The summed E-state index contributed by atoms with van der Waals surface area (Å²) in [7, 11) is -6.07. The van der Waals surface area contributed by atoms with Crippen LogP contribution in [-0.2, 0) is 26.1 Å². The molecule has 2 aromatic carbocycles. The van der Waals surface area contributed by atoms with Gasteiger partial charge in [0.25, 0.3) is 0 Å². The Morgan fingerprint density at radius 3 is 2.37 bits per heavy atom. The lowest BCUT2D eigenvalue weighted by Gasteiger charge is -2.22. The lowest BCUT2D eigenvalue weighted by atomic mass is 10.1. The van der Waals surface area contributed by atoms with Gasteiger partial charge in [-0.05, 0) is 67.8 Å². The molecular weight excluding hydrogens is 429 g/mol. The van der Waals surface area contributed by atoms with E-state index in [0.29, 0.717) is 13.0 Å². The standard InChI is InChI=1S/C21H26FNO5S2/c1-14-10-19(28-3)20(11-15(14)2)30(26,27)21-13-29(24,25)12-18(21)23-9-8-16-4-6-17(22)7-5-16/h4-7,10-11,18,21,23H,8-9,12-13H2,1-3H3/t18-,21-/m0/s1. The number of methoxy groups -OCH3 is 1. The maximum Gasteiger partial charge on any atom is 0.187 e. The highest BCUT2D eigenvalue weighted by atomic mass is 32.2. The normalized spacial score (nSPS) is 20.9. The second kappa shape index (κ2) is 8.64. The molecule has 1 fully saturated rings. The molecule has 3 rings (SSSR count). The van der Waals surface area contributed by atoms with Gasteiger partial charge in [0.15, 0.2) is 19.7 Å². The minimum Gasteiger partial charge on any atom is -0.495 e. The predicted molar refractivity (Wildman–Crippen MR) is 114 cm³/mol. The maximum atomic E-state index is 13.4. The molecule has 0 radical (unpaired) electrons. The molecule has 9 heteroatoms. The topological polar surface area (TPSA) is 89.5 Å². The quantitative estimate of drug-likeness (QED) is 0.689. The van der Waals surface area contributed by atoms with E-state index in [-0.39, 0.29) is 22.2 Å². The van der Waals surface area contributed by atoms with E-state index in [2.05, 4.69) is 5.32 Å². The summed E-state index contributed by atoms with van der Waals surface area (Å²) >= 11 is 0. The summed E-state index contributed by atoms with van der Waals surface area (Å²) in [6, 6.07) is 8.48. The Bertz CT molecular complexity index is 1130. The molecule has 0 unspecified atom stereocenters. The molecule has 6 nitrogen and oxygen atoms in total. The van der Waals surface area contributed by atoms with Crippen LogP contribution < -0.4 is 10.1 Å². The van der Waals surface area contributed by atoms with E-state index >= 15 is 0 Å². The van der Waals surface area contributed by atoms with Crippen LogP contribution in [0.25, 0.3) is 0 Å². The van der Waals surface area contributed by atoms with Crippen LogP contribution in [0.15, 0.2) is 41.3 Å². The number of hydrogen-bond acceptors (Lipinski definition) is 6. The molecule has 1 saturated heterocycles. The zero-order valence-corrected chi connectivity index (χ0v) is 18.8. The molecule has 0 spiro atoms. The highest BCUT2D eigenvalue weighted by molar-refractivity contribution is 7.96. The molecule has 0 aromatic heterocycles. The number of benzene rings is 2. The lowest BCUT2D eigenvalue weighted by Crippen LogP contribution is -2.44. The largest absolute Gasteiger partial charge is 0.495 e. The Kier molecular flexibility index (Phi) is 6.54. The van der Waals surface area contributed by atoms with E-state index in [1.165, 1.54) is 19.2 Å². The van der Waals surface area contributed by atoms with Crippen molar-refractivity contribution in [3.8, 4) is 5.75 Å². The number of sulfone groups is 2. The number of hydrogen-bond donors (Lipinski definition) is 1. The van der Waals surface area contributed by atoms with E-state index in [1.807, 2.05) is 6.92 Å². The number of halogens is 1. The number of aryl methyl sites for hydroxylation is 2. The fourth-order valence-corrected chi connectivity index (χ4v) is 8.61. The molecule has 0 bridgehead atoms. The summed E-state index contributed by atoms with van der Waals surface area (Å²) in [5, 5.41) is 1.99. The van der Waals surface area contributed by atoms with Crippen molar-refractivity contribution in [1.29, 1.82) is 0 Å². The Labute approximate surface area is 177 Å². The Morgan fingerprint density at radius 2 is 1.73 bits per heavy atom. The minimum absolute atomic E-state index is 0.0144. The second-order valence-corrected chi connectivity index (χ2v) is 12.0. The van der Waals surface area contributed by atoms with Crippen LogP contribution in [0.3, 0.4) is 0 Å². The van der Waals surface area contributed by atoms with Crippen LogP contribution >= 0.6 is 0 Å². The third-order valence-electron chi connectivity index (χ3n) is 5.52. The summed E-state index contributed by atoms with van der Waals surface area (Å²) in [6.45, 7) is 4.04. The Balaban J connectivity index is 1.84. The first-order chi connectivity index (χ1) is 14.0. The number of rotatable bonds is 7. The highest BCUT2D eigenvalue weighted by Crippen LogP contribution is 2.33. The molecule has 0 aliphatic carbocycles. The average Bonchev–Trinajstić information content (AvgIpc) is 3.00. The monoisotopic (exact) mass is 455 g/mol. The van der Waals surface area contributed by atoms with Gasteiger partial charge in [-0.15, -0.1) is 0 Å². The van der Waals surface area contributed by atoms with Gasteiger partial charge in [0.1, 0.15) is 16.5 Å². The maximum absolute atomic E-state index is 13.4. The van der Waals surface area contributed by atoms with Crippen LogP contribution in [0.4, 0.5) is 4.39 Å². The summed E-state index contributed by atoms with van der Waals surface area (Å²) in [5.74, 6) is -0.790. The molecule has 1 N–H and O–H groups in total. The Morgan fingerprint density at radius 1 is 1.10 bits per heavy atom. The van der Waals surface area contributed by atoms with E-state index < -0.39 is 36.7 Å². The minimum atomic E-state index is -3.96. The molecule has 30 heavy (non-hydrogen) atoms. The third kappa shape index (κ3) is 4.84. The van der Waals surface area contributed by atoms with Crippen LogP contribution in [0, 0.1) is 19.7 Å². The van der Waals surface area contributed by atoms with Crippen molar-refractivity contribution < 1.29 is 26.0 Å². The Hall–Kier alpha value is -1.97.